The fraction of sp³-hybridized carbons (Fsp3) is 0.353. The quantitative estimate of drug-likeness (QED) is 0.807. The van der Waals surface area contributed by atoms with Crippen molar-refractivity contribution in [1.29, 1.82) is 0 Å². The van der Waals surface area contributed by atoms with Crippen LogP contribution in [0.2, 0.25) is 0 Å². The van der Waals surface area contributed by atoms with Crippen molar-refractivity contribution in [2.75, 3.05) is 7.11 Å². The van der Waals surface area contributed by atoms with Crippen LogP contribution in [0.1, 0.15) is 37.2 Å². The summed E-state index contributed by atoms with van der Waals surface area (Å²) in [5.41, 5.74) is 1.14. The van der Waals surface area contributed by atoms with Gasteiger partial charge in [0.2, 0.25) is 0 Å². The molecule has 2 nitrogen and oxygen atoms in total. The van der Waals surface area contributed by atoms with Gasteiger partial charge in [-0.05, 0) is 41.3 Å². The minimum Gasteiger partial charge on any atom is -0.497 e. The van der Waals surface area contributed by atoms with Gasteiger partial charge in [-0.15, -0.1) is 0 Å². The van der Waals surface area contributed by atoms with Crippen LogP contribution in [0, 0.1) is 0 Å². The standard InChI is InChI=1S/C17H18O2/c1-19-13-10-12-6-2-3-7-14(12)16(11-13)15-8-4-5-9-17(15)18/h2-3,6-7,10-11,15H,4-5,8-9H2,1H3. The summed E-state index contributed by atoms with van der Waals surface area (Å²) >= 11 is 0. The molecule has 1 aliphatic rings. The minimum atomic E-state index is 0.0498. The normalized spacial score (nSPS) is 19.6. The number of carbonyl (C=O) groups excluding carboxylic acids is 1. The van der Waals surface area contributed by atoms with E-state index in [1.54, 1.807) is 7.11 Å². The van der Waals surface area contributed by atoms with E-state index in [1.165, 1.54) is 5.39 Å². The maximum Gasteiger partial charge on any atom is 0.140 e. The van der Waals surface area contributed by atoms with Crippen molar-refractivity contribution < 1.29 is 9.53 Å². The molecule has 0 amide bonds. The number of ketones is 1. The Bertz CT molecular complexity index is 616. The average Bonchev–Trinajstić information content (AvgIpc) is 2.46. The van der Waals surface area contributed by atoms with Crippen LogP contribution in [-0.2, 0) is 4.79 Å². The molecule has 1 aliphatic carbocycles. The second kappa shape index (κ2) is 5.04. The summed E-state index contributed by atoms with van der Waals surface area (Å²) in [6.45, 7) is 0. The van der Waals surface area contributed by atoms with Crippen molar-refractivity contribution in [1.82, 2.24) is 0 Å². The van der Waals surface area contributed by atoms with Gasteiger partial charge in [-0.3, -0.25) is 4.79 Å². The van der Waals surface area contributed by atoms with Gasteiger partial charge >= 0.3 is 0 Å². The first-order valence-electron chi connectivity index (χ1n) is 6.89. The lowest BCUT2D eigenvalue weighted by Gasteiger charge is -2.22. The van der Waals surface area contributed by atoms with E-state index in [9.17, 15) is 4.79 Å². The lowest BCUT2D eigenvalue weighted by atomic mass is 9.81. The monoisotopic (exact) mass is 254 g/mol. The largest absolute Gasteiger partial charge is 0.497 e. The third kappa shape index (κ3) is 2.23. The highest BCUT2D eigenvalue weighted by Crippen LogP contribution is 2.36. The summed E-state index contributed by atoms with van der Waals surface area (Å²) in [4.78, 5) is 12.2. The van der Waals surface area contributed by atoms with Crippen molar-refractivity contribution in [3.8, 4) is 5.75 Å². The summed E-state index contributed by atoms with van der Waals surface area (Å²) in [6.07, 6.45) is 3.87. The zero-order chi connectivity index (χ0) is 13.2. The Morgan fingerprint density at radius 3 is 2.79 bits per heavy atom. The molecule has 1 atom stereocenters. The van der Waals surface area contributed by atoms with E-state index in [0.29, 0.717) is 5.78 Å². The summed E-state index contributed by atoms with van der Waals surface area (Å²) in [5.74, 6) is 1.27. The number of rotatable bonds is 2. The Labute approximate surface area is 113 Å². The Morgan fingerprint density at radius 2 is 2.00 bits per heavy atom. The molecule has 1 saturated carbocycles. The molecular formula is C17H18O2. The van der Waals surface area contributed by atoms with Crippen LogP contribution in [0.25, 0.3) is 10.8 Å². The molecule has 0 aromatic heterocycles. The fourth-order valence-electron chi connectivity index (χ4n) is 3.03. The number of hydrogen-bond donors (Lipinski definition) is 0. The molecular weight excluding hydrogens is 236 g/mol. The molecule has 0 bridgehead atoms. The third-order valence-corrected chi connectivity index (χ3v) is 4.03. The average molecular weight is 254 g/mol. The molecule has 1 unspecified atom stereocenters. The lowest BCUT2D eigenvalue weighted by Crippen LogP contribution is -2.17. The molecule has 98 valence electrons. The Balaban J connectivity index is 2.17. The number of ether oxygens (including phenoxy) is 1. The number of fused-ring (bicyclic) bond motifs is 1. The fourth-order valence-corrected chi connectivity index (χ4v) is 3.03. The van der Waals surface area contributed by atoms with Gasteiger partial charge in [-0.1, -0.05) is 30.7 Å². The molecule has 0 heterocycles. The Hall–Kier alpha value is -1.83. The van der Waals surface area contributed by atoms with Crippen molar-refractivity contribution in [3.05, 3.63) is 42.0 Å². The summed E-state index contributed by atoms with van der Waals surface area (Å²) in [7, 11) is 1.68. The van der Waals surface area contributed by atoms with E-state index >= 15 is 0 Å². The molecule has 0 saturated heterocycles. The van der Waals surface area contributed by atoms with Gasteiger partial charge in [0, 0.05) is 12.3 Å². The predicted octanol–water partition coefficient (Wildman–Crippen LogP) is 4.08. The molecule has 0 spiro atoms. The zero-order valence-electron chi connectivity index (χ0n) is 11.2. The SMILES string of the molecule is COc1cc(C2CCCCC2=O)c2ccccc2c1. The van der Waals surface area contributed by atoms with Gasteiger partial charge in [-0.25, -0.2) is 0 Å². The van der Waals surface area contributed by atoms with Crippen molar-refractivity contribution in [2.45, 2.75) is 31.6 Å². The highest BCUT2D eigenvalue weighted by Gasteiger charge is 2.25. The van der Waals surface area contributed by atoms with E-state index in [1.807, 2.05) is 24.3 Å². The predicted molar refractivity (Wildman–Crippen MR) is 76.7 cm³/mol. The van der Waals surface area contributed by atoms with Crippen LogP contribution < -0.4 is 4.74 Å². The van der Waals surface area contributed by atoms with Crippen LogP contribution in [-0.4, -0.2) is 12.9 Å². The smallest absolute Gasteiger partial charge is 0.140 e. The number of Topliss-reactive ketones (excluding diaryl/α,β-unsaturated/α-hetero) is 1. The van der Waals surface area contributed by atoms with E-state index in [0.717, 1.165) is 42.4 Å². The molecule has 19 heavy (non-hydrogen) atoms. The minimum absolute atomic E-state index is 0.0498. The number of methoxy groups -OCH3 is 1. The van der Waals surface area contributed by atoms with Crippen LogP contribution in [0.3, 0.4) is 0 Å². The van der Waals surface area contributed by atoms with Crippen molar-refractivity contribution in [2.24, 2.45) is 0 Å². The summed E-state index contributed by atoms with van der Waals surface area (Å²) < 4.78 is 5.38. The van der Waals surface area contributed by atoms with E-state index in [-0.39, 0.29) is 5.92 Å². The zero-order valence-corrected chi connectivity index (χ0v) is 11.2. The topological polar surface area (TPSA) is 26.3 Å². The van der Waals surface area contributed by atoms with Gasteiger partial charge in [0.1, 0.15) is 11.5 Å². The van der Waals surface area contributed by atoms with E-state index in [4.69, 9.17) is 4.74 Å². The Kier molecular flexibility index (Phi) is 3.24. The molecule has 0 radical (unpaired) electrons. The van der Waals surface area contributed by atoms with Crippen molar-refractivity contribution in [3.63, 3.8) is 0 Å². The molecule has 2 aromatic rings. The first-order chi connectivity index (χ1) is 9.29. The molecule has 2 heteroatoms. The molecule has 2 aromatic carbocycles. The first kappa shape index (κ1) is 12.2. The summed E-state index contributed by atoms with van der Waals surface area (Å²) in [6, 6.07) is 12.3. The van der Waals surface area contributed by atoms with E-state index in [2.05, 4.69) is 12.1 Å². The van der Waals surface area contributed by atoms with E-state index < -0.39 is 0 Å². The third-order valence-electron chi connectivity index (χ3n) is 4.03. The number of benzene rings is 2. The molecule has 0 aliphatic heterocycles. The maximum absolute atomic E-state index is 12.2. The summed E-state index contributed by atoms with van der Waals surface area (Å²) in [5, 5.41) is 2.33. The first-order valence-corrected chi connectivity index (χ1v) is 6.89. The second-order valence-electron chi connectivity index (χ2n) is 5.20. The molecule has 1 fully saturated rings. The van der Waals surface area contributed by atoms with Gasteiger partial charge in [-0.2, -0.15) is 0 Å². The molecule has 0 N–H and O–H groups in total. The highest BCUT2D eigenvalue weighted by atomic mass is 16.5. The van der Waals surface area contributed by atoms with Gasteiger partial charge < -0.3 is 4.74 Å². The van der Waals surface area contributed by atoms with Crippen LogP contribution >= 0.6 is 0 Å². The maximum atomic E-state index is 12.2. The number of hydrogen-bond acceptors (Lipinski definition) is 2. The van der Waals surface area contributed by atoms with Crippen LogP contribution in [0.5, 0.6) is 5.75 Å². The molecule has 3 rings (SSSR count). The van der Waals surface area contributed by atoms with Gasteiger partial charge in [0.25, 0.3) is 0 Å². The van der Waals surface area contributed by atoms with Gasteiger partial charge in [0.05, 0.1) is 7.11 Å². The lowest BCUT2D eigenvalue weighted by molar-refractivity contribution is -0.121. The van der Waals surface area contributed by atoms with Crippen molar-refractivity contribution >= 4 is 16.6 Å². The number of carbonyl (C=O) groups is 1. The second-order valence-corrected chi connectivity index (χ2v) is 5.20. The van der Waals surface area contributed by atoms with Crippen LogP contribution in [0.4, 0.5) is 0 Å². The van der Waals surface area contributed by atoms with Gasteiger partial charge in [0.15, 0.2) is 0 Å². The Morgan fingerprint density at radius 1 is 1.16 bits per heavy atom. The highest BCUT2D eigenvalue weighted by molar-refractivity contribution is 5.95. The van der Waals surface area contributed by atoms with Crippen LogP contribution in [0.15, 0.2) is 36.4 Å².